The summed E-state index contributed by atoms with van der Waals surface area (Å²) in [5.74, 6) is -0.382. The first kappa shape index (κ1) is 7.52. The highest BCUT2D eigenvalue weighted by molar-refractivity contribution is 6.03. The van der Waals surface area contributed by atoms with Crippen molar-refractivity contribution in [3.05, 3.63) is 0 Å². The van der Waals surface area contributed by atoms with Crippen LogP contribution in [0.3, 0.4) is 0 Å². The van der Waals surface area contributed by atoms with Crippen molar-refractivity contribution in [2.45, 2.75) is 6.42 Å². The number of nitrogens with two attached hydrogens (primary N) is 1. The molecular weight excluding hydrogens is 150 g/mol. The number of amides is 5. The van der Waals surface area contributed by atoms with Gasteiger partial charge in [0.25, 0.3) is 0 Å². The van der Waals surface area contributed by atoms with Crippen LogP contribution < -0.4 is 11.1 Å². The number of carbonyl (C=O) groups excluding carboxylic acids is 3. The van der Waals surface area contributed by atoms with Crippen LogP contribution >= 0.6 is 0 Å². The van der Waals surface area contributed by atoms with Gasteiger partial charge in [-0.05, 0) is 0 Å². The van der Waals surface area contributed by atoms with Crippen molar-refractivity contribution in [2.75, 3.05) is 6.54 Å². The van der Waals surface area contributed by atoms with E-state index in [0.29, 0.717) is 0 Å². The highest BCUT2D eigenvalue weighted by atomic mass is 16.2. The molecule has 1 rings (SSSR count). The summed E-state index contributed by atoms with van der Waals surface area (Å²) in [5, 5.41) is 1.96. The molecule has 1 aliphatic rings. The molecule has 60 valence electrons. The number of imide groups is 2. The maximum Gasteiger partial charge on any atom is 0.332 e. The van der Waals surface area contributed by atoms with Crippen LogP contribution in [0.1, 0.15) is 6.42 Å². The SMILES string of the molecule is NC(=O)N1CCC(=O)NC1=O. The lowest BCUT2D eigenvalue weighted by atomic mass is 10.3. The third kappa shape index (κ3) is 1.46. The molecule has 0 aliphatic carbocycles. The fraction of sp³-hybridized carbons (Fsp3) is 0.400. The topological polar surface area (TPSA) is 92.5 Å². The highest BCUT2D eigenvalue weighted by Crippen LogP contribution is 1.98. The summed E-state index contributed by atoms with van der Waals surface area (Å²) in [4.78, 5) is 32.5. The Kier molecular flexibility index (Phi) is 1.75. The zero-order valence-electron chi connectivity index (χ0n) is 5.66. The van der Waals surface area contributed by atoms with Crippen molar-refractivity contribution in [1.29, 1.82) is 0 Å². The lowest BCUT2D eigenvalue weighted by molar-refractivity contribution is -0.121. The minimum atomic E-state index is -0.838. The van der Waals surface area contributed by atoms with Gasteiger partial charge in [0.1, 0.15) is 0 Å². The third-order valence-corrected chi connectivity index (χ3v) is 1.32. The van der Waals surface area contributed by atoms with Crippen molar-refractivity contribution in [3.63, 3.8) is 0 Å². The van der Waals surface area contributed by atoms with E-state index in [0.717, 1.165) is 4.90 Å². The standard InChI is InChI=1S/C5H7N3O3/c6-4(10)8-2-1-3(9)7-5(8)11/h1-2H2,(H2,6,10)(H,7,9,11). The maximum absolute atomic E-state index is 10.7. The molecule has 0 radical (unpaired) electrons. The molecule has 1 aliphatic heterocycles. The van der Waals surface area contributed by atoms with Crippen molar-refractivity contribution in [3.8, 4) is 0 Å². The summed E-state index contributed by atoms with van der Waals surface area (Å²) in [7, 11) is 0. The van der Waals surface area contributed by atoms with E-state index in [-0.39, 0.29) is 18.9 Å². The highest BCUT2D eigenvalue weighted by Gasteiger charge is 2.25. The van der Waals surface area contributed by atoms with Gasteiger partial charge in [-0.2, -0.15) is 0 Å². The summed E-state index contributed by atoms with van der Waals surface area (Å²) < 4.78 is 0. The second-order valence-corrected chi connectivity index (χ2v) is 2.09. The predicted molar refractivity (Wildman–Crippen MR) is 34.4 cm³/mol. The fourth-order valence-corrected chi connectivity index (χ4v) is 0.774. The van der Waals surface area contributed by atoms with Gasteiger partial charge in [-0.25, -0.2) is 14.5 Å². The fourth-order valence-electron chi connectivity index (χ4n) is 0.774. The Morgan fingerprint density at radius 3 is 2.64 bits per heavy atom. The molecule has 1 fully saturated rings. The van der Waals surface area contributed by atoms with Gasteiger partial charge in [0, 0.05) is 13.0 Å². The summed E-state index contributed by atoms with van der Waals surface area (Å²) in [5.41, 5.74) is 4.82. The molecule has 0 aromatic heterocycles. The van der Waals surface area contributed by atoms with E-state index in [1.807, 2.05) is 5.32 Å². The Labute approximate surface area is 62.3 Å². The number of carbonyl (C=O) groups is 3. The zero-order chi connectivity index (χ0) is 8.43. The number of nitrogens with one attached hydrogen (secondary N) is 1. The van der Waals surface area contributed by atoms with Gasteiger partial charge in [-0.15, -0.1) is 0 Å². The Balaban J connectivity index is 2.65. The largest absolute Gasteiger partial charge is 0.351 e. The van der Waals surface area contributed by atoms with Crippen molar-refractivity contribution < 1.29 is 14.4 Å². The summed E-state index contributed by atoms with van der Waals surface area (Å²) >= 11 is 0. The number of urea groups is 2. The molecule has 3 N–H and O–H groups in total. The van der Waals surface area contributed by atoms with Crippen LogP contribution in [0, 0.1) is 0 Å². The van der Waals surface area contributed by atoms with Gasteiger partial charge in [0.15, 0.2) is 0 Å². The number of hydrogen-bond donors (Lipinski definition) is 2. The van der Waals surface area contributed by atoms with E-state index in [2.05, 4.69) is 0 Å². The predicted octanol–water partition coefficient (Wildman–Crippen LogP) is -0.993. The van der Waals surface area contributed by atoms with Gasteiger partial charge in [0.2, 0.25) is 5.91 Å². The molecule has 6 heteroatoms. The van der Waals surface area contributed by atoms with Gasteiger partial charge in [-0.1, -0.05) is 0 Å². The Bertz CT molecular complexity index is 225. The van der Waals surface area contributed by atoms with Gasteiger partial charge in [0.05, 0.1) is 0 Å². The molecule has 0 unspecified atom stereocenters. The average molecular weight is 157 g/mol. The molecule has 1 saturated heterocycles. The van der Waals surface area contributed by atoms with E-state index >= 15 is 0 Å². The Hall–Kier alpha value is -1.59. The van der Waals surface area contributed by atoms with Crippen LogP contribution in [-0.4, -0.2) is 29.4 Å². The molecule has 11 heavy (non-hydrogen) atoms. The summed E-state index contributed by atoms with van der Waals surface area (Å²) in [6.07, 6.45) is 0.120. The average Bonchev–Trinajstić information content (AvgIpc) is 1.85. The molecule has 0 bridgehead atoms. The lowest BCUT2D eigenvalue weighted by Crippen LogP contribution is -2.53. The van der Waals surface area contributed by atoms with Crippen LogP contribution in [0.25, 0.3) is 0 Å². The maximum atomic E-state index is 10.7. The summed E-state index contributed by atoms with van der Waals surface area (Å²) in [6, 6.07) is -1.58. The van der Waals surface area contributed by atoms with Crippen molar-refractivity contribution in [2.24, 2.45) is 5.73 Å². The number of nitrogens with zero attached hydrogens (tertiary/aromatic N) is 1. The molecule has 0 saturated carbocycles. The van der Waals surface area contributed by atoms with Gasteiger partial charge < -0.3 is 5.73 Å². The molecule has 0 aromatic rings. The number of hydrogen-bond acceptors (Lipinski definition) is 3. The first-order valence-corrected chi connectivity index (χ1v) is 3.02. The second-order valence-electron chi connectivity index (χ2n) is 2.09. The first-order valence-electron chi connectivity index (χ1n) is 3.02. The smallest absolute Gasteiger partial charge is 0.332 e. The van der Waals surface area contributed by atoms with Crippen LogP contribution in [-0.2, 0) is 4.79 Å². The molecule has 6 nitrogen and oxygen atoms in total. The third-order valence-electron chi connectivity index (χ3n) is 1.32. The van der Waals surface area contributed by atoms with E-state index in [9.17, 15) is 14.4 Å². The Morgan fingerprint density at radius 1 is 1.55 bits per heavy atom. The molecule has 0 aromatic carbocycles. The molecule has 1 heterocycles. The van der Waals surface area contributed by atoms with Crippen LogP contribution in [0.5, 0.6) is 0 Å². The van der Waals surface area contributed by atoms with E-state index in [1.165, 1.54) is 0 Å². The van der Waals surface area contributed by atoms with Crippen molar-refractivity contribution >= 4 is 18.0 Å². The Morgan fingerprint density at radius 2 is 2.18 bits per heavy atom. The number of rotatable bonds is 0. The normalized spacial score (nSPS) is 18.0. The minimum Gasteiger partial charge on any atom is -0.351 e. The van der Waals surface area contributed by atoms with E-state index in [1.54, 1.807) is 0 Å². The second kappa shape index (κ2) is 2.57. The lowest BCUT2D eigenvalue weighted by Gasteiger charge is -2.22. The van der Waals surface area contributed by atoms with Crippen LogP contribution in [0.15, 0.2) is 0 Å². The van der Waals surface area contributed by atoms with Gasteiger partial charge in [-0.3, -0.25) is 10.1 Å². The summed E-state index contributed by atoms with van der Waals surface area (Å²) in [6.45, 7) is 0.0694. The molecule has 0 atom stereocenters. The number of primary amides is 1. The minimum absolute atomic E-state index is 0.0694. The molecule has 0 spiro atoms. The zero-order valence-corrected chi connectivity index (χ0v) is 5.66. The van der Waals surface area contributed by atoms with E-state index in [4.69, 9.17) is 5.73 Å². The molecule has 5 amide bonds. The van der Waals surface area contributed by atoms with Crippen LogP contribution in [0.2, 0.25) is 0 Å². The van der Waals surface area contributed by atoms with Crippen molar-refractivity contribution in [1.82, 2.24) is 10.2 Å². The molecular formula is C5H7N3O3. The van der Waals surface area contributed by atoms with Gasteiger partial charge >= 0.3 is 12.1 Å². The quantitative estimate of drug-likeness (QED) is 0.472. The van der Waals surface area contributed by atoms with E-state index < -0.39 is 12.1 Å². The first-order chi connectivity index (χ1) is 5.11. The van der Waals surface area contributed by atoms with Crippen LogP contribution in [0.4, 0.5) is 9.59 Å². The monoisotopic (exact) mass is 157 g/mol.